The van der Waals surface area contributed by atoms with Gasteiger partial charge in [0.2, 0.25) is 11.8 Å². The molecule has 0 aromatic heterocycles. The molecule has 148 valence electrons. The number of nitrogens with one attached hydrogen (secondary N) is 2. The number of amides is 3. The first kappa shape index (κ1) is 17.5. The number of halogens is 2. The number of piperidine rings is 1. The van der Waals surface area contributed by atoms with E-state index in [2.05, 4.69) is 10.6 Å². The van der Waals surface area contributed by atoms with E-state index in [1.54, 1.807) is 0 Å². The van der Waals surface area contributed by atoms with Crippen LogP contribution >= 0.6 is 0 Å². The zero-order valence-corrected chi connectivity index (χ0v) is 15.1. The van der Waals surface area contributed by atoms with E-state index in [-0.39, 0.29) is 30.9 Å². The summed E-state index contributed by atoms with van der Waals surface area (Å²) >= 11 is 0. The average Bonchev–Trinajstić information content (AvgIpc) is 3.17. The molecule has 0 aliphatic carbocycles. The summed E-state index contributed by atoms with van der Waals surface area (Å²) in [5.41, 5.74) is 0.663. The summed E-state index contributed by atoms with van der Waals surface area (Å²) in [6.45, 7) is 1.37. The lowest BCUT2D eigenvalue weighted by molar-refractivity contribution is -0.136. The van der Waals surface area contributed by atoms with Gasteiger partial charge in [0.15, 0.2) is 11.6 Å². The molecule has 3 unspecified atom stereocenters. The van der Waals surface area contributed by atoms with Crippen LogP contribution in [0.3, 0.4) is 0 Å². The summed E-state index contributed by atoms with van der Waals surface area (Å²) in [6, 6.07) is 0.906. The van der Waals surface area contributed by atoms with Crippen LogP contribution in [0.25, 0.3) is 0 Å². The molecule has 3 saturated heterocycles. The summed E-state index contributed by atoms with van der Waals surface area (Å²) < 4.78 is 28.9. The fraction of sp³-hybridized carbons (Fsp3) is 0.526. The molecule has 0 spiro atoms. The molecular formula is C19H20F2N4O3. The third-order valence-corrected chi connectivity index (χ3v) is 6.25. The Kier molecular flexibility index (Phi) is 3.90. The fourth-order valence-electron chi connectivity index (χ4n) is 4.93. The number of fused-ring (bicyclic) bond motifs is 3. The molecular weight excluding hydrogens is 370 g/mol. The zero-order chi connectivity index (χ0) is 19.6. The maximum absolute atomic E-state index is 14.6. The van der Waals surface area contributed by atoms with Crippen LogP contribution in [0, 0.1) is 11.6 Å². The van der Waals surface area contributed by atoms with Crippen LogP contribution in [-0.4, -0.2) is 53.8 Å². The van der Waals surface area contributed by atoms with Crippen LogP contribution in [0.4, 0.5) is 14.5 Å². The maximum Gasteiger partial charge on any atom is 0.258 e. The highest BCUT2D eigenvalue weighted by molar-refractivity contribution is 6.06. The van der Waals surface area contributed by atoms with Gasteiger partial charge in [0.05, 0.1) is 5.56 Å². The van der Waals surface area contributed by atoms with Gasteiger partial charge in [0.1, 0.15) is 6.04 Å². The lowest BCUT2D eigenvalue weighted by Gasteiger charge is -2.36. The van der Waals surface area contributed by atoms with E-state index in [4.69, 9.17) is 0 Å². The van der Waals surface area contributed by atoms with Gasteiger partial charge >= 0.3 is 0 Å². The van der Waals surface area contributed by atoms with Gasteiger partial charge in [-0.25, -0.2) is 8.78 Å². The minimum atomic E-state index is -1.17. The quantitative estimate of drug-likeness (QED) is 0.726. The second kappa shape index (κ2) is 6.23. The van der Waals surface area contributed by atoms with Crippen LogP contribution in [-0.2, 0) is 16.1 Å². The summed E-state index contributed by atoms with van der Waals surface area (Å²) in [5.74, 6) is -3.88. The molecule has 0 saturated carbocycles. The monoisotopic (exact) mass is 390 g/mol. The zero-order valence-electron chi connectivity index (χ0n) is 15.1. The lowest BCUT2D eigenvalue weighted by Crippen LogP contribution is -2.52. The average molecular weight is 390 g/mol. The Morgan fingerprint density at radius 2 is 1.75 bits per heavy atom. The maximum atomic E-state index is 14.6. The van der Waals surface area contributed by atoms with Crippen LogP contribution < -0.4 is 15.5 Å². The number of imide groups is 1. The van der Waals surface area contributed by atoms with Crippen molar-refractivity contribution in [3.8, 4) is 0 Å². The standard InChI is InChI=1S/C19H20F2N4O3/c20-12-5-14(24-6-9-1-2-10(7-24)22-9)11-8-25(19(28)16(11)17(12)21)13-3-4-15(26)23-18(13)27/h5,9-10,13,22H,1-4,6-8H2,(H,23,26,27). The Morgan fingerprint density at radius 3 is 2.43 bits per heavy atom. The smallest absolute Gasteiger partial charge is 0.258 e. The van der Waals surface area contributed by atoms with Gasteiger partial charge in [-0.15, -0.1) is 0 Å². The van der Waals surface area contributed by atoms with Gasteiger partial charge in [-0.2, -0.15) is 0 Å². The fourth-order valence-corrected chi connectivity index (χ4v) is 4.93. The first-order valence-electron chi connectivity index (χ1n) is 9.59. The number of piperazine rings is 1. The molecule has 4 aliphatic heterocycles. The predicted octanol–water partition coefficient (Wildman–Crippen LogP) is 0.666. The second-order valence-corrected chi connectivity index (χ2v) is 7.99. The second-order valence-electron chi connectivity index (χ2n) is 7.99. The van der Waals surface area contributed by atoms with Crippen molar-refractivity contribution in [2.24, 2.45) is 0 Å². The van der Waals surface area contributed by atoms with Crippen LogP contribution in [0.2, 0.25) is 0 Å². The van der Waals surface area contributed by atoms with E-state index < -0.39 is 29.5 Å². The van der Waals surface area contributed by atoms with Crippen molar-refractivity contribution in [2.75, 3.05) is 18.0 Å². The highest BCUT2D eigenvalue weighted by Gasteiger charge is 2.43. The Balaban J connectivity index is 1.51. The molecule has 7 nitrogen and oxygen atoms in total. The minimum absolute atomic E-state index is 0.0340. The summed E-state index contributed by atoms with van der Waals surface area (Å²) in [7, 11) is 0. The highest BCUT2D eigenvalue weighted by atomic mass is 19.2. The van der Waals surface area contributed by atoms with Crippen molar-refractivity contribution in [2.45, 2.75) is 50.4 Å². The Bertz CT molecular complexity index is 894. The third-order valence-electron chi connectivity index (χ3n) is 6.25. The Morgan fingerprint density at radius 1 is 1.04 bits per heavy atom. The van der Waals surface area contributed by atoms with Crippen molar-refractivity contribution < 1.29 is 23.2 Å². The van der Waals surface area contributed by atoms with Crippen LogP contribution in [0.15, 0.2) is 6.07 Å². The van der Waals surface area contributed by atoms with Gasteiger partial charge in [-0.3, -0.25) is 19.7 Å². The normalized spacial score (nSPS) is 29.4. The molecule has 0 radical (unpaired) electrons. The molecule has 5 rings (SSSR count). The largest absolute Gasteiger partial charge is 0.368 e. The summed E-state index contributed by atoms with van der Waals surface area (Å²) in [5, 5.41) is 5.71. The van der Waals surface area contributed by atoms with Crippen molar-refractivity contribution in [1.82, 2.24) is 15.5 Å². The number of rotatable bonds is 2. The summed E-state index contributed by atoms with van der Waals surface area (Å²) in [4.78, 5) is 39.8. The van der Waals surface area contributed by atoms with Crippen molar-refractivity contribution in [3.05, 3.63) is 28.8 Å². The van der Waals surface area contributed by atoms with Crippen molar-refractivity contribution in [3.63, 3.8) is 0 Å². The SMILES string of the molecule is O=C1CCC(N2Cc3c(N4CC5CCC(C4)N5)cc(F)c(F)c3C2=O)C(=O)N1. The first-order chi connectivity index (χ1) is 13.4. The van der Waals surface area contributed by atoms with E-state index >= 15 is 0 Å². The Hall–Kier alpha value is -2.55. The van der Waals surface area contributed by atoms with Crippen molar-refractivity contribution in [1.29, 1.82) is 0 Å². The van der Waals surface area contributed by atoms with E-state index in [1.165, 1.54) is 11.0 Å². The number of benzene rings is 1. The summed E-state index contributed by atoms with van der Waals surface area (Å²) in [6.07, 6.45) is 2.37. The van der Waals surface area contributed by atoms with Crippen LogP contribution in [0.1, 0.15) is 41.6 Å². The molecule has 1 aromatic carbocycles. The first-order valence-corrected chi connectivity index (χ1v) is 9.59. The van der Waals surface area contributed by atoms with Crippen LogP contribution in [0.5, 0.6) is 0 Å². The number of hydrogen-bond donors (Lipinski definition) is 2. The van der Waals surface area contributed by atoms with E-state index in [1.807, 2.05) is 4.90 Å². The molecule has 4 aliphatic rings. The van der Waals surface area contributed by atoms with Gasteiger partial charge in [-0.1, -0.05) is 0 Å². The number of anilines is 1. The molecule has 2 N–H and O–H groups in total. The molecule has 9 heteroatoms. The molecule has 28 heavy (non-hydrogen) atoms. The lowest BCUT2D eigenvalue weighted by atomic mass is 10.0. The number of carbonyl (C=O) groups is 3. The molecule has 1 aromatic rings. The number of hydrogen-bond acceptors (Lipinski definition) is 5. The third kappa shape index (κ3) is 2.60. The number of nitrogens with zero attached hydrogens (tertiary/aromatic N) is 2. The van der Waals surface area contributed by atoms with Gasteiger partial charge in [0, 0.05) is 55.5 Å². The van der Waals surface area contributed by atoms with Gasteiger partial charge in [0.25, 0.3) is 5.91 Å². The van der Waals surface area contributed by atoms with E-state index in [9.17, 15) is 23.2 Å². The molecule has 3 amide bonds. The van der Waals surface area contributed by atoms with Crippen molar-refractivity contribution >= 4 is 23.4 Å². The molecule has 3 atom stereocenters. The van der Waals surface area contributed by atoms with Gasteiger partial charge < -0.3 is 15.1 Å². The number of carbonyl (C=O) groups excluding carboxylic acids is 3. The molecule has 3 fully saturated rings. The topological polar surface area (TPSA) is 81.8 Å². The van der Waals surface area contributed by atoms with E-state index in [0.717, 1.165) is 12.8 Å². The minimum Gasteiger partial charge on any atom is -0.368 e. The predicted molar refractivity (Wildman–Crippen MR) is 94.6 cm³/mol. The molecule has 2 bridgehead atoms. The Labute approximate surface area is 160 Å². The highest BCUT2D eigenvalue weighted by Crippen LogP contribution is 2.38. The molecule has 4 heterocycles. The van der Waals surface area contributed by atoms with Gasteiger partial charge in [-0.05, 0) is 19.3 Å². The van der Waals surface area contributed by atoms with E-state index in [0.29, 0.717) is 36.4 Å².